The zero-order valence-corrected chi connectivity index (χ0v) is 13.3. The third-order valence-electron chi connectivity index (χ3n) is 4.62. The molecule has 0 fully saturated rings. The highest BCUT2D eigenvalue weighted by molar-refractivity contribution is 6.06. The molecule has 0 heterocycles. The van der Waals surface area contributed by atoms with Crippen LogP contribution in [0.1, 0.15) is 45.7 Å². The molecule has 2 aromatic carbocycles. The van der Waals surface area contributed by atoms with Gasteiger partial charge in [0.15, 0.2) is 11.6 Å². The SMILES string of the molecule is C=CC(=O)c1ccc2c(c1)C(C)(C)c1cc(C(=O)C=C)ccc1-2. The molecule has 3 rings (SSSR count). The van der Waals surface area contributed by atoms with Crippen LogP contribution in [-0.4, -0.2) is 11.6 Å². The van der Waals surface area contributed by atoms with Crippen molar-refractivity contribution in [2.24, 2.45) is 0 Å². The lowest BCUT2D eigenvalue weighted by atomic mass is 9.81. The fourth-order valence-corrected chi connectivity index (χ4v) is 3.28. The Morgan fingerprint density at radius 2 is 1.22 bits per heavy atom. The minimum Gasteiger partial charge on any atom is -0.289 e. The van der Waals surface area contributed by atoms with Crippen molar-refractivity contribution >= 4 is 11.6 Å². The van der Waals surface area contributed by atoms with Gasteiger partial charge in [0, 0.05) is 16.5 Å². The molecule has 2 heteroatoms. The number of fused-ring (bicyclic) bond motifs is 3. The normalized spacial score (nSPS) is 13.8. The van der Waals surface area contributed by atoms with E-state index in [1.165, 1.54) is 12.2 Å². The van der Waals surface area contributed by atoms with Crippen LogP contribution in [0.3, 0.4) is 0 Å². The van der Waals surface area contributed by atoms with E-state index in [4.69, 9.17) is 0 Å². The van der Waals surface area contributed by atoms with Gasteiger partial charge in [0.1, 0.15) is 0 Å². The van der Waals surface area contributed by atoms with Gasteiger partial charge in [0.2, 0.25) is 0 Å². The summed E-state index contributed by atoms with van der Waals surface area (Å²) < 4.78 is 0. The maximum atomic E-state index is 11.9. The highest BCUT2D eigenvalue weighted by Crippen LogP contribution is 2.49. The lowest BCUT2D eigenvalue weighted by Crippen LogP contribution is -2.16. The molecule has 0 spiro atoms. The van der Waals surface area contributed by atoms with Crippen LogP contribution in [0.5, 0.6) is 0 Å². The number of allylic oxidation sites excluding steroid dienone is 2. The van der Waals surface area contributed by atoms with E-state index < -0.39 is 0 Å². The van der Waals surface area contributed by atoms with Crippen molar-refractivity contribution in [3.63, 3.8) is 0 Å². The number of hydrogen-bond acceptors (Lipinski definition) is 2. The van der Waals surface area contributed by atoms with Gasteiger partial charge >= 0.3 is 0 Å². The number of hydrogen-bond donors (Lipinski definition) is 0. The molecule has 2 nitrogen and oxygen atoms in total. The Labute approximate surface area is 136 Å². The van der Waals surface area contributed by atoms with Crippen LogP contribution in [0.25, 0.3) is 11.1 Å². The molecule has 0 aliphatic heterocycles. The average molecular weight is 302 g/mol. The molecule has 0 atom stereocenters. The number of rotatable bonds is 4. The Balaban J connectivity index is 2.21. The first-order chi connectivity index (χ1) is 10.9. The molecule has 0 N–H and O–H groups in total. The predicted octanol–water partition coefficient (Wildman–Crippen LogP) is 4.73. The third-order valence-corrected chi connectivity index (χ3v) is 4.62. The second-order valence-corrected chi connectivity index (χ2v) is 6.28. The van der Waals surface area contributed by atoms with Gasteiger partial charge in [-0.05, 0) is 46.5 Å². The Morgan fingerprint density at radius 1 is 0.826 bits per heavy atom. The van der Waals surface area contributed by atoms with Crippen LogP contribution in [0, 0.1) is 0 Å². The van der Waals surface area contributed by atoms with Crippen molar-refractivity contribution in [2.45, 2.75) is 19.3 Å². The molecule has 0 saturated carbocycles. The van der Waals surface area contributed by atoms with E-state index >= 15 is 0 Å². The minimum atomic E-state index is -0.264. The first kappa shape index (κ1) is 15.2. The molecule has 0 amide bonds. The quantitative estimate of drug-likeness (QED) is 0.604. The summed E-state index contributed by atoms with van der Waals surface area (Å²) >= 11 is 0. The molecule has 0 unspecified atom stereocenters. The lowest BCUT2D eigenvalue weighted by molar-refractivity contribution is 0.103. The summed E-state index contributed by atoms with van der Waals surface area (Å²) in [5, 5.41) is 0. The number of carbonyl (C=O) groups excluding carboxylic acids is 2. The molecule has 23 heavy (non-hydrogen) atoms. The molecule has 0 radical (unpaired) electrons. The van der Waals surface area contributed by atoms with Gasteiger partial charge in [-0.1, -0.05) is 51.3 Å². The summed E-state index contributed by atoms with van der Waals surface area (Å²) in [7, 11) is 0. The first-order valence-electron chi connectivity index (χ1n) is 7.53. The third kappa shape index (κ3) is 2.18. The van der Waals surface area contributed by atoms with Crippen molar-refractivity contribution < 1.29 is 9.59 Å². The van der Waals surface area contributed by atoms with Gasteiger partial charge in [0.25, 0.3) is 0 Å². The molecule has 1 aliphatic carbocycles. The van der Waals surface area contributed by atoms with Crippen LogP contribution >= 0.6 is 0 Å². The van der Waals surface area contributed by atoms with Crippen LogP contribution in [-0.2, 0) is 5.41 Å². The van der Waals surface area contributed by atoms with Crippen LogP contribution in [0.4, 0.5) is 0 Å². The molecular weight excluding hydrogens is 284 g/mol. The number of ketones is 2. The molecular formula is C21H18O2. The minimum absolute atomic E-state index is 0.0814. The van der Waals surface area contributed by atoms with Crippen LogP contribution < -0.4 is 0 Å². The van der Waals surface area contributed by atoms with Gasteiger partial charge in [-0.15, -0.1) is 0 Å². The summed E-state index contributed by atoms with van der Waals surface area (Å²) in [6, 6.07) is 11.5. The largest absolute Gasteiger partial charge is 0.289 e. The Bertz CT molecular complexity index is 798. The van der Waals surface area contributed by atoms with E-state index in [-0.39, 0.29) is 17.0 Å². The number of benzene rings is 2. The predicted molar refractivity (Wildman–Crippen MR) is 93.1 cm³/mol. The van der Waals surface area contributed by atoms with Gasteiger partial charge < -0.3 is 0 Å². The highest BCUT2D eigenvalue weighted by Gasteiger charge is 2.36. The van der Waals surface area contributed by atoms with Gasteiger partial charge in [0.05, 0.1) is 0 Å². The number of carbonyl (C=O) groups is 2. The van der Waals surface area contributed by atoms with Crippen molar-refractivity contribution in [3.05, 3.63) is 84.0 Å². The van der Waals surface area contributed by atoms with Crippen molar-refractivity contribution in [3.8, 4) is 11.1 Å². The molecule has 0 aromatic heterocycles. The Hall–Kier alpha value is -2.74. The van der Waals surface area contributed by atoms with E-state index in [1.54, 1.807) is 0 Å². The van der Waals surface area contributed by atoms with Gasteiger partial charge in [-0.25, -0.2) is 0 Å². The Kier molecular flexibility index (Phi) is 3.41. The summed E-state index contributed by atoms with van der Waals surface area (Å²) in [5.41, 5.74) is 5.45. The smallest absolute Gasteiger partial charge is 0.185 e. The maximum Gasteiger partial charge on any atom is 0.185 e. The second-order valence-electron chi connectivity index (χ2n) is 6.28. The summed E-state index contributed by atoms with van der Waals surface area (Å²) in [6.45, 7) is 11.3. The summed E-state index contributed by atoms with van der Waals surface area (Å²) in [4.78, 5) is 23.8. The summed E-state index contributed by atoms with van der Waals surface area (Å²) in [5.74, 6) is -0.163. The Morgan fingerprint density at radius 3 is 1.57 bits per heavy atom. The zero-order valence-electron chi connectivity index (χ0n) is 13.3. The highest BCUT2D eigenvalue weighted by atomic mass is 16.1. The fraction of sp³-hybridized carbons (Fsp3) is 0.143. The van der Waals surface area contributed by atoms with E-state index in [9.17, 15) is 9.59 Å². The average Bonchev–Trinajstić information content (AvgIpc) is 2.80. The second kappa shape index (κ2) is 5.17. The first-order valence-corrected chi connectivity index (χ1v) is 7.53. The van der Waals surface area contributed by atoms with Crippen molar-refractivity contribution in [2.75, 3.05) is 0 Å². The van der Waals surface area contributed by atoms with Crippen LogP contribution in [0.2, 0.25) is 0 Å². The standard InChI is InChI=1S/C21H18O2/c1-5-19(22)13-7-9-15-16-10-8-14(20(23)6-2)12-18(16)21(3,4)17(15)11-13/h5-12H,1-2H2,3-4H3. The monoisotopic (exact) mass is 302 g/mol. The van der Waals surface area contributed by atoms with Gasteiger partial charge in [-0.3, -0.25) is 9.59 Å². The van der Waals surface area contributed by atoms with E-state index in [1.807, 2.05) is 36.4 Å². The molecule has 2 aromatic rings. The molecule has 0 saturated heterocycles. The molecule has 1 aliphatic rings. The lowest BCUT2D eigenvalue weighted by Gasteiger charge is -2.22. The van der Waals surface area contributed by atoms with Crippen LogP contribution in [0.15, 0.2) is 61.7 Å². The fourth-order valence-electron chi connectivity index (χ4n) is 3.28. The van der Waals surface area contributed by atoms with E-state index in [2.05, 4.69) is 27.0 Å². The zero-order chi connectivity index (χ0) is 16.8. The molecule has 0 bridgehead atoms. The maximum absolute atomic E-state index is 11.9. The van der Waals surface area contributed by atoms with E-state index in [0.717, 1.165) is 22.3 Å². The van der Waals surface area contributed by atoms with Crippen molar-refractivity contribution in [1.29, 1.82) is 0 Å². The van der Waals surface area contributed by atoms with E-state index in [0.29, 0.717) is 11.1 Å². The molecule has 114 valence electrons. The van der Waals surface area contributed by atoms with Crippen molar-refractivity contribution in [1.82, 2.24) is 0 Å². The van der Waals surface area contributed by atoms with Gasteiger partial charge in [-0.2, -0.15) is 0 Å². The summed E-state index contributed by atoms with van der Waals surface area (Å²) in [6.07, 6.45) is 2.66. The topological polar surface area (TPSA) is 34.1 Å².